The van der Waals surface area contributed by atoms with Crippen molar-refractivity contribution in [2.75, 3.05) is 7.11 Å². The van der Waals surface area contributed by atoms with Crippen molar-refractivity contribution in [1.29, 1.82) is 0 Å². The highest BCUT2D eigenvalue weighted by molar-refractivity contribution is 8.00. The molecule has 1 amide bonds. The lowest BCUT2D eigenvalue weighted by molar-refractivity contribution is -0.120. The van der Waals surface area contributed by atoms with E-state index in [1.165, 1.54) is 25.1 Å². The zero-order chi connectivity index (χ0) is 17.5. The summed E-state index contributed by atoms with van der Waals surface area (Å²) in [5, 5.41) is 14.1. The number of thioether (sulfide) groups is 1. The number of phenolic OH excluding ortho intramolecular Hbond substituents is 1. The number of carbonyl (C=O) groups is 1. The largest absolute Gasteiger partial charge is 0.504 e. The molecule has 0 heterocycles. The van der Waals surface area contributed by atoms with E-state index in [4.69, 9.17) is 16.3 Å². The van der Waals surface area contributed by atoms with Crippen LogP contribution in [0.15, 0.2) is 52.5 Å². The van der Waals surface area contributed by atoms with Crippen LogP contribution in [-0.4, -0.2) is 29.6 Å². The van der Waals surface area contributed by atoms with Gasteiger partial charge in [-0.3, -0.25) is 4.79 Å². The van der Waals surface area contributed by atoms with Crippen molar-refractivity contribution in [1.82, 2.24) is 5.43 Å². The number of methoxy groups -OCH3 is 1. The number of aromatic hydroxyl groups is 1. The summed E-state index contributed by atoms with van der Waals surface area (Å²) in [5.74, 6) is 0.0760. The first-order chi connectivity index (χ1) is 11.5. The lowest BCUT2D eigenvalue weighted by Gasteiger charge is -2.09. The third kappa shape index (κ3) is 4.91. The second-order valence-corrected chi connectivity index (χ2v) is 6.70. The zero-order valence-corrected chi connectivity index (χ0v) is 14.8. The van der Waals surface area contributed by atoms with E-state index in [9.17, 15) is 9.90 Å². The van der Waals surface area contributed by atoms with Gasteiger partial charge < -0.3 is 9.84 Å². The Bertz CT molecular complexity index is 735. The van der Waals surface area contributed by atoms with Crippen molar-refractivity contribution in [3.8, 4) is 11.5 Å². The van der Waals surface area contributed by atoms with Gasteiger partial charge in [-0.05, 0) is 43.3 Å². The molecule has 2 N–H and O–H groups in total. The molecule has 0 fully saturated rings. The van der Waals surface area contributed by atoms with Crippen molar-refractivity contribution in [2.45, 2.75) is 17.1 Å². The molecule has 1 atom stereocenters. The summed E-state index contributed by atoms with van der Waals surface area (Å²) < 4.78 is 5.01. The Hall–Kier alpha value is -2.18. The van der Waals surface area contributed by atoms with E-state index < -0.39 is 0 Å². The maximum atomic E-state index is 12.1. The topological polar surface area (TPSA) is 70.9 Å². The van der Waals surface area contributed by atoms with E-state index in [2.05, 4.69) is 10.5 Å². The van der Waals surface area contributed by atoms with Crippen molar-refractivity contribution in [2.24, 2.45) is 5.10 Å². The lowest BCUT2D eigenvalue weighted by atomic mass is 10.2. The summed E-state index contributed by atoms with van der Waals surface area (Å²) >= 11 is 7.24. The molecular weight excluding hydrogens is 348 g/mol. The summed E-state index contributed by atoms with van der Waals surface area (Å²) in [4.78, 5) is 13.0. The van der Waals surface area contributed by atoms with Gasteiger partial charge in [0.1, 0.15) is 0 Å². The smallest absolute Gasteiger partial charge is 0.253 e. The van der Waals surface area contributed by atoms with Crippen LogP contribution < -0.4 is 10.2 Å². The Morgan fingerprint density at radius 3 is 2.71 bits per heavy atom. The number of carbonyl (C=O) groups excluding carboxylic acids is 1. The van der Waals surface area contributed by atoms with Gasteiger partial charge in [-0.25, -0.2) is 5.43 Å². The van der Waals surface area contributed by atoms with Crippen LogP contribution in [0, 0.1) is 0 Å². The van der Waals surface area contributed by atoms with Gasteiger partial charge in [-0.15, -0.1) is 11.8 Å². The highest BCUT2D eigenvalue weighted by Gasteiger charge is 2.13. The van der Waals surface area contributed by atoms with Gasteiger partial charge in [0, 0.05) is 15.5 Å². The predicted molar refractivity (Wildman–Crippen MR) is 97.2 cm³/mol. The van der Waals surface area contributed by atoms with Crippen LogP contribution in [0.25, 0.3) is 0 Å². The van der Waals surface area contributed by atoms with Crippen LogP contribution in [0.5, 0.6) is 11.5 Å². The minimum Gasteiger partial charge on any atom is -0.504 e. The lowest BCUT2D eigenvalue weighted by Crippen LogP contribution is -2.26. The number of hydrogen-bond donors (Lipinski definition) is 2. The van der Waals surface area contributed by atoms with Crippen LogP contribution >= 0.6 is 23.4 Å². The summed E-state index contributed by atoms with van der Waals surface area (Å²) in [5.41, 5.74) is 2.91. The van der Waals surface area contributed by atoms with E-state index in [0.717, 1.165) is 4.90 Å². The molecule has 0 aliphatic heterocycles. The first-order valence-corrected chi connectivity index (χ1v) is 8.38. The molecule has 24 heavy (non-hydrogen) atoms. The molecule has 5 nitrogen and oxygen atoms in total. The van der Waals surface area contributed by atoms with Crippen LogP contribution in [0.3, 0.4) is 0 Å². The maximum absolute atomic E-state index is 12.1. The molecular formula is C17H17ClN2O3S. The van der Waals surface area contributed by atoms with Crippen molar-refractivity contribution >= 4 is 35.5 Å². The normalized spacial score (nSPS) is 12.1. The Morgan fingerprint density at radius 2 is 2.04 bits per heavy atom. The average molecular weight is 365 g/mol. The number of benzene rings is 2. The molecule has 0 aliphatic rings. The van der Waals surface area contributed by atoms with Crippen molar-refractivity contribution in [3.63, 3.8) is 0 Å². The maximum Gasteiger partial charge on any atom is 0.253 e. The summed E-state index contributed by atoms with van der Waals surface area (Å²) in [6, 6.07) is 12.3. The third-order valence-electron chi connectivity index (χ3n) is 3.12. The molecule has 7 heteroatoms. The molecule has 2 aromatic carbocycles. The number of phenols is 1. The number of hydrogen-bond acceptors (Lipinski definition) is 5. The number of nitrogens with zero attached hydrogens (tertiary/aromatic N) is 1. The monoisotopic (exact) mass is 364 g/mol. The fourth-order valence-electron chi connectivity index (χ4n) is 1.84. The van der Waals surface area contributed by atoms with Crippen molar-refractivity contribution < 1.29 is 14.6 Å². The third-order valence-corrected chi connectivity index (χ3v) is 4.49. The molecule has 0 unspecified atom stereocenters. The molecule has 0 saturated carbocycles. The Morgan fingerprint density at radius 1 is 1.33 bits per heavy atom. The fourth-order valence-corrected chi connectivity index (χ4v) is 2.82. The SMILES string of the molecule is COc1cccc(/C=N\NC(=O)[C@@H](C)Sc2ccc(Cl)cc2)c1O. The highest BCUT2D eigenvalue weighted by Crippen LogP contribution is 2.28. The van der Waals surface area contributed by atoms with Gasteiger partial charge in [-0.2, -0.15) is 5.10 Å². The van der Waals surface area contributed by atoms with Gasteiger partial charge in [0.2, 0.25) is 0 Å². The van der Waals surface area contributed by atoms with E-state index >= 15 is 0 Å². The second kappa shape index (κ2) is 8.61. The van der Waals surface area contributed by atoms with Gasteiger partial charge in [-0.1, -0.05) is 17.7 Å². The molecule has 0 spiro atoms. The molecule has 0 aromatic heterocycles. The Balaban J connectivity index is 1.93. The summed E-state index contributed by atoms with van der Waals surface area (Å²) in [7, 11) is 1.47. The number of hydrazone groups is 1. The van der Waals surface area contributed by atoms with Gasteiger partial charge in [0.15, 0.2) is 11.5 Å². The minimum absolute atomic E-state index is 0.0263. The number of nitrogens with one attached hydrogen (secondary N) is 1. The van der Waals surface area contributed by atoms with Crippen LogP contribution in [0.1, 0.15) is 12.5 Å². The van der Waals surface area contributed by atoms with Gasteiger partial charge in [0.25, 0.3) is 5.91 Å². The minimum atomic E-state index is -0.331. The summed E-state index contributed by atoms with van der Waals surface area (Å²) in [6.07, 6.45) is 1.37. The average Bonchev–Trinajstić information content (AvgIpc) is 2.58. The number of halogens is 1. The molecule has 2 rings (SSSR count). The Labute approximate surface area is 149 Å². The number of ether oxygens (including phenoxy) is 1. The highest BCUT2D eigenvalue weighted by atomic mass is 35.5. The van der Waals surface area contributed by atoms with Gasteiger partial charge >= 0.3 is 0 Å². The molecule has 2 aromatic rings. The van der Waals surface area contributed by atoms with Gasteiger partial charge in [0.05, 0.1) is 18.6 Å². The molecule has 0 radical (unpaired) electrons. The number of para-hydroxylation sites is 1. The number of rotatable bonds is 6. The summed E-state index contributed by atoms with van der Waals surface area (Å²) in [6.45, 7) is 1.78. The quantitative estimate of drug-likeness (QED) is 0.466. The second-order valence-electron chi connectivity index (χ2n) is 4.85. The fraction of sp³-hybridized carbons (Fsp3) is 0.176. The van der Waals surface area contributed by atoms with Crippen LogP contribution in [-0.2, 0) is 4.79 Å². The number of amides is 1. The standard InChI is InChI=1S/C17H17ClN2O3S/c1-11(24-14-8-6-13(18)7-9-14)17(22)20-19-10-12-4-3-5-15(23-2)16(12)21/h3-11,21H,1-2H3,(H,20,22)/b19-10-/t11-/m1/s1. The molecule has 126 valence electrons. The molecule has 0 aliphatic carbocycles. The van der Waals surface area contributed by atoms with E-state index in [1.807, 2.05) is 12.1 Å². The van der Waals surface area contributed by atoms with Crippen LogP contribution in [0.2, 0.25) is 5.02 Å². The van der Waals surface area contributed by atoms with Crippen LogP contribution in [0.4, 0.5) is 0 Å². The van der Waals surface area contributed by atoms with E-state index in [-0.39, 0.29) is 16.9 Å². The van der Waals surface area contributed by atoms with E-state index in [1.54, 1.807) is 37.3 Å². The van der Waals surface area contributed by atoms with Crippen molar-refractivity contribution in [3.05, 3.63) is 53.1 Å². The first-order valence-electron chi connectivity index (χ1n) is 7.12. The molecule has 0 bridgehead atoms. The first kappa shape index (κ1) is 18.2. The molecule has 0 saturated heterocycles. The predicted octanol–water partition coefficient (Wildman–Crippen LogP) is 3.69. The van der Waals surface area contributed by atoms with E-state index in [0.29, 0.717) is 16.3 Å². The zero-order valence-electron chi connectivity index (χ0n) is 13.2. The Kier molecular flexibility index (Phi) is 6.52.